The summed E-state index contributed by atoms with van der Waals surface area (Å²) in [7, 11) is -3.93. The minimum absolute atomic E-state index is 0.0206. The number of carbonyl (C=O) groups is 2. The summed E-state index contributed by atoms with van der Waals surface area (Å²) >= 11 is 0. The molecule has 3 aromatic carbocycles. The maximum Gasteiger partial charge on any atom is 0.191 e. The predicted octanol–water partition coefficient (Wildman–Crippen LogP) is 4.56. The van der Waals surface area contributed by atoms with E-state index in [0.29, 0.717) is 30.2 Å². The Labute approximate surface area is 200 Å². The lowest BCUT2D eigenvalue weighted by Gasteiger charge is -2.39. The minimum Gasteiger partial charge on any atom is -0.457 e. The Morgan fingerprint density at radius 3 is 1.91 bits per heavy atom. The number of rotatable bonds is 8. The van der Waals surface area contributed by atoms with Crippen LogP contribution in [0.25, 0.3) is 0 Å². The summed E-state index contributed by atoms with van der Waals surface area (Å²) in [5.41, 5.74) is 0.622. The number of nitrogens with zero attached hydrogens (tertiary/aromatic N) is 1. The van der Waals surface area contributed by atoms with Crippen molar-refractivity contribution in [3.05, 3.63) is 90.5 Å². The lowest BCUT2D eigenvalue weighted by atomic mass is 9.91. The summed E-state index contributed by atoms with van der Waals surface area (Å²) in [6, 6.07) is 24.4. The molecule has 176 valence electrons. The zero-order valence-corrected chi connectivity index (χ0v) is 19.8. The van der Waals surface area contributed by atoms with E-state index in [2.05, 4.69) is 0 Å². The van der Waals surface area contributed by atoms with E-state index in [9.17, 15) is 18.0 Å². The number of likely N-dealkylation sites (tertiary alicyclic amines) is 1. The first-order valence-corrected chi connectivity index (χ1v) is 12.7. The molecule has 0 saturated carbocycles. The molecular weight excluding hydrogens is 450 g/mol. The smallest absolute Gasteiger partial charge is 0.191 e. The topological polar surface area (TPSA) is 80.8 Å². The Bertz CT molecular complexity index is 1250. The second kappa shape index (κ2) is 9.91. The van der Waals surface area contributed by atoms with E-state index in [0.717, 1.165) is 0 Å². The molecule has 1 heterocycles. The van der Waals surface area contributed by atoms with Gasteiger partial charge in [0.25, 0.3) is 0 Å². The summed E-state index contributed by atoms with van der Waals surface area (Å²) in [4.78, 5) is 27.3. The van der Waals surface area contributed by atoms with Gasteiger partial charge in [-0.2, -0.15) is 0 Å². The first kappa shape index (κ1) is 23.9. The van der Waals surface area contributed by atoms with Crippen molar-refractivity contribution in [1.29, 1.82) is 0 Å². The quantitative estimate of drug-likeness (QED) is 0.443. The molecule has 0 radical (unpaired) electrons. The third-order valence-corrected chi connectivity index (χ3v) is 9.01. The fourth-order valence-corrected chi connectivity index (χ4v) is 6.38. The van der Waals surface area contributed by atoms with Gasteiger partial charge in [0.2, 0.25) is 0 Å². The van der Waals surface area contributed by atoms with Crippen LogP contribution in [0.15, 0.2) is 89.8 Å². The van der Waals surface area contributed by atoms with Crippen LogP contribution >= 0.6 is 0 Å². The van der Waals surface area contributed by atoms with Crippen molar-refractivity contribution in [1.82, 2.24) is 4.90 Å². The van der Waals surface area contributed by atoms with E-state index in [-0.39, 0.29) is 35.8 Å². The zero-order chi connectivity index (χ0) is 24.2. The molecule has 0 amide bonds. The fraction of sp³-hybridized carbons (Fsp3) is 0.259. The van der Waals surface area contributed by atoms with Crippen molar-refractivity contribution >= 4 is 21.4 Å². The predicted molar refractivity (Wildman–Crippen MR) is 130 cm³/mol. The second-order valence-corrected chi connectivity index (χ2v) is 10.8. The fourth-order valence-electron chi connectivity index (χ4n) is 4.34. The normalized spacial score (nSPS) is 16.0. The number of ketones is 2. The number of sulfone groups is 1. The summed E-state index contributed by atoms with van der Waals surface area (Å²) in [5, 5.41) is 0. The Morgan fingerprint density at radius 2 is 1.35 bits per heavy atom. The molecule has 0 N–H and O–H groups in total. The van der Waals surface area contributed by atoms with Gasteiger partial charge >= 0.3 is 0 Å². The van der Waals surface area contributed by atoms with E-state index in [4.69, 9.17) is 4.74 Å². The van der Waals surface area contributed by atoms with Gasteiger partial charge < -0.3 is 4.74 Å². The average Bonchev–Trinajstić information content (AvgIpc) is 2.86. The lowest BCUT2D eigenvalue weighted by Crippen LogP contribution is -2.54. The summed E-state index contributed by atoms with van der Waals surface area (Å²) in [6.07, 6.45) is 0.296. The number of hydrogen-bond donors (Lipinski definition) is 0. The maximum atomic E-state index is 13.6. The van der Waals surface area contributed by atoms with Crippen LogP contribution in [0.4, 0.5) is 0 Å². The number of Topliss-reactive ketones (excluding diaryl/α,β-unsaturated/α-hetero) is 2. The van der Waals surface area contributed by atoms with Crippen LogP contribution in [-0.4, -0.2) is 49.3 Å². The van der Waals surface area contributed by atoms with E-state index in [1.54, 1.807) is 24.3 Å². The lowest BCUT2D eigenvalue weighted by molar-refractivity contribution is -0.120. The van der Waals surface area contributed by atoms with Gasteiger partial charge in [-0.05, 0) is 56.2 Å². The molecule has 0 atom stereocenters. The number of hydrogen-bond acceptors (Lipinski definition) is 6. The molecular formula is C27H27NO5S. The van der Waals surface area contributed by atoms with Crippen LogP contribution in [0.1, 0.15) is 30.1 Å². The molecule has 4 rings (SSSR count). The van der Waals surface area contributed by atoms with Gasteiger partial charge in [0.15, 0.2) is 21.4 Å². The van der Waals surface area contributed by atoms with Crippen molar-refractivity contribution in [3.8, 4) is 11.5 Å². The van der Waals surface area contributed by atoms with Gasteiger partial charge in [0.1, 0.15) is 16.2 Å². The van der Waals surface area contributed by atoms with Crippen molar-refractivity contribution in [2.24, 2.45) is 0 Å². The number of piperidine rings is 1. The molecule has 1 saturated heterocycles. The van der Waals surface area contributed by atoms with Crippen LogP contribution in [0, 0.1) is 0 Å². The molecule has 7 heteroatoms. The Morgan fingerprint density at radius 1 is 0.824 bits per heavy atom. The van der Waals surface area contributed by atoms with Crippen LogP contribution < -0.4 is 4.74 Å². The van der Waals surface area contributed by atoms with Crippen LogP contribution in [0.2, 0.25) is 0 Å². The maximum absolute atomic E-state index is 13.6. The highest BCUT2D eigenvalue weighted by molar-refractivity contribution is 7.93. The molecule has 0 aliphatic carbocycles. The summed E-state index contributed by atoms with van der Waals surface area (Å²) in [5.74, 6) is 0.769. The minimum atomic E-state index is -3.93. The molecule has 0 aromatic heterocycles. The molecule has 0 spiro atoms. The summed E-state index contributed by atoms with van der Waals surface area (Å²) < 4.78 is 31.5. The van der Waals surface area contributed by atoms with E-state index < -0.39 is 14.6 Å². The average molecular weight is 478 g/mol. The van der Waals surface area contributed by atoms with Crippen molar-refractivity contribution in [2.75, 3.05) is 19.6 Å². The number of ether oxygens (including phenoxy) is 1. The largest absolute Gasteiger partial charge is 0.457 e. The zero-order valence-electron chi connectivity index (χ0n) is 19.0. The van der Waals surface area contributed by atoms with Gasteiger partial charge in [0, 0.05) is 18.7 Å². The van der Waals surface area contributed by atoms with Gasteiger partial charge in [0.05, 0.1) is 11.4 Å². The van der Waals surface area contributed by atoms with Crippen molar-refractivity contribution in [3.63, 3.8) is 0 Å². The number of carbonyl (C=O) groups excluding carboxylic acids is 2. The third kappa shape index (κ3) is 4.81. The first-order chi connectivity index (χ1) is 16.3. The Hall–Kier alpha value is -3.29. The van der Waals surface area contributed by atoms with Crippen LogP contribution in [0.5, 0.6) is 11.5 Å². The van der Waals surface area contributed by atoms with Gasteiger partial charge in [-0.1, -0.05) is 48.5 Å². The van der Waals surface area contributed by atoms with E-state index in [1.807, 2.05) is 53.4 Å². The number of para-hydroxylation sites is 1. The molecule has 34 heavy (non-hydrogen) atoms. The van der Waals surface area contributed by atoms with E-state index >= 15 is 0 Å². The first-order valence-electron chi connectivity index (χ1n) is 11.2. The van der Waals surface area contributed by atoms with Crippen molar-refractivity contribution in [2.45, 2.75) is 29.4 Å². The third-order valence-electron chi connectivity index (χ3n) is 6.40. The highest BCUT2D eigenvalue weighted by atomic mass is 32.2. The standard InChI is InChI=1S/C27H27NO5S/c1-21(29)27(16-18-28(19-17-27)20-26(30)22-8-4-2-5-9-22)34(31,32)25-14-12-24(13-15-25)33-23-10-6-3-7-11-23/h2-15H,16-20H2,1H3. The molecule has 0 bridgehead atoms. The van der Waals surface area contributed by atoms with Crippen LogP contribution in [-0.2, 0) is 14.6 Å². The molecule has 1 aliphatic heterocycles. The van der Waals surface area contributed by atoms with Gasteiger partial charge in [-0.25, -0.2) is 8.42 Å². The van der Waals surface area contributed by atoms with Gasteiger partial charge in [-0.3, -0.25) is 14.5 Å². The highest BCUT2D eigenvalue weighted by Gasteiger charge is 2.50. The monoisotopic (exact) mass is 477 g/mol. The van der Waals surface area contributed by atoms with Crippen LogP contribution in [0.3, 0.4) is 0 Å². The highest BCUT2D eigenvalue weighted by Crippen LogP contribution is 2.37. The molecule has 6 nitrogen and oxygen atoms in total. The second-order valence-electron chi connectivity index (χ2n) is 8.51. The number of benzene rings is 3. The molecule has 1 fully saturated rings. The SMILES string of the molecule is CC(=O)C1(S(=O)(=O)c2ccc(Oc3ccccc3)cc2)CCN(CC(=O)c2ccccc2)CC1. The Balaban J connectivity index is 1.48. The van der Waals surface area contributed by atoms with E-state index in [1.165, 1.54) is 19.1 Å². The Kier molecular flexibility index (Phi) is 6.95. The summed E-state index contributed by atoms with van der Waals surface area (Å²) in [6.45, 7) is 2.25. The molecule has 0 unspecified atom stereocenters. The molecule has 3 aromatic rings. The van der Waals surface area contributed by atoms with Gasteiger partial charge in [-0.15, -0.1) is 0 Å². The molecule has 1 aliphatic rings. The van der Waals surface area contributed by atoms with Crippen molar-refractivity contribution < 1.29 is 22.7 Å².